The molecule has 0 saturated carbocycles. The number of aromatic nitrogens is 2. The van der Waals surface area contributed by atoms with Crippen molar-refractivity contribution in [1.82, 2.24) is 15.1 Å². The van der Waals surface area contributed by atoms with E-state index in [0.29, 0.717) is 19.1 Å². The van der Waals surface area contributed by atoms with Crippen molar-refractivity contribution in [3.05, 3.63) is 29.6 Å². The molecule has 2 atom stereocenters. The number of rotatable bonds is 5. The van der Waals surface area contributed by atoms with E-state index in [9.17, 15) is 4.79 Å². The molecule has 1 fully saturated rings. The van der Waals surface area contributed by atoms with Gasteiger partial charge in [0.05, 0.1) is 12.3 Å². The third-order valence-corrected chi connectivity index (χ3v) is 5.75. The minimum atomic E-state index is -0.127. The zero-order valence-corrected chi connectivity index (χ0v) is 15.4. The summed E-state index contributed by atoms with van der Waals surface area (Å²) in [5, 5.41) is 7.90. The smallest absolute Gasteiger partial charge is 0.223 e. The average Bonchev–Trinajstić information content (AvgIpc) is 3.10. The standard InChI is InChI=1S/C20H29N3O3/c24-20(16-4-2-1-3-5-16)21-12-18-19-17(8-11-26-18)14-23(22-19)13-15-6-9-25-10-7-15/h1-2,14-16,18H,3-13H2,(H,21,24)/t16-,18+/m0/s1. The minimum Gasteiger partial charge on any atom is -0.381 e. The summed E-state index contributed by atoms with van der Waals surface area (Å²) in [6.07, 6.45) is 12.2. The normalized spacial score (nSPS) is 26.5. The van der Waals surface area contributed by atoms with Gasteiger partial charge in [-0.05, 0) is 50.0 Å². The predicted molar refractivity (Wildman–Crippen MR) is 97.7 cm³/mol. The van der Waals surface area contributed by atoms with Crippen molar-refractivity contribution in [3.8, 4) is 0 Å². The molecule has 1 saturated heterocycles. The largest absolute Gasteiger partial charge is 0.381 e. The van der Waals surface area contributed by atoms with E-state index in [1.165, 1.54) is 5.56 Å². The summed E-state index contributed by atoms with van der Waals surface area (Å²) in [5.41, 5.74) is 2.27. The fraction of sp³-hybridized carbons (Fsp3) is 0.700. The molecule has 2 aliphatic heterocycles. The Balaban J connectivity index is 1.35. The summed E-state index contributed by atoms with van der Waals surface area (Å²) < 4.78 is 13.4. The zero-order valence-electron chi connectivity index (χ0n) is 15.4. The van der Waals surface area contributed by atoms with Crippen LogP contribution >= 0.6 is 0 Å². The Morgan fingerprint density at radius 1 is 1.23 bits per heavy atom. The number of carbonyl (C=O) groups excluding carboxylic acids is 1. The van der Waals surface area contributed by atoms with Gasteiger partial charge >= 0.3 is 0 Å². The number of nitrogens with zero attached hydrogens (tertiary/aromatic N) is 2. The van der Waals surface area contributed by atoms with Gasteiger partial charge in [0.15, 0.2) is 0 Å². The van der Waals surface area contributed by atoms with Gasteiger partial charge in [0.1, 0.15) is 6.10 Å². The van der Waals surface area contributed by atoms with Crippen LogP contribution < -0.4 is 5.32 Å². The number of fused-ring (bicyclic) bond motifs is 1. The molecule has 1 aromatic heterocycles. The predicted octanol–water partition coefficient (Wildman–Crippen LogP) is 2.40. The quantitative estimate of drug-likeness (QED) is 0.820. The van der Waals surface area contributed by atoms with Crippen molar-refractivity contribution in [2.75, 3.05) is 26.4 Å². The molecule has 3 heterocycles. The fourth-order valence-corrected chi connectivity index (χ4v) is 4.14. The van der Waals surface area contributed by atoms with E-state index in [2.05, 4.69) is 28.3 Å². The van der Waals surface area contributed by atoms with Crippen LogP contribution in [-0.4, -0.2) is 42.1 Å². The van der Waals surface area contributed by atoms with Crippen LogP contribution in [0.1, 0.15) is 49.5 Å². The first kappa shape index (κ1) is 17.7. The zero-order chi connectivity index (χ0) is 17.8. The van der Waals surface area contributed by atoms with Gasteiger partial charge in [-0.15, -0.1) is 0 Å². The SMILES string of the molecule is O=C(NC[C@H]1OCCc2cn(CC3CCOCC3)nc21)[C@H]1CC=CCC1. The number of nitrogens with one attached hydrogen (secondary N) is 1. The lowest BCUT2D eigenvalue weighted by molar-refractivity contribution is -0.126. The Morgan fingerprint density at radius 3 is 2.92 bits per heavy atom. The molecule has 0 bridgehead atoms. The third-order valence-electron chi connectivity index (χ3n) is 5.75. The number of allylic oxidation sites excluding steroid dienone is 2. The second-order valence-corrected chi connectivity index (χ2v) is 7.65. The van der Waals surface area contributed by atoms with Gasteiger partial charge in [-0.3, -0.25) is 9.48 Å². The Morgan fingerprint density at radius 2 is 2.12 bits per heavy atom. The molecule has 0 radical (unpaired) electrons. The number of amides is 1. The number of hydrogen-bond donors (Lipinski definition) is 1. The van der Waals surface area contributed by atoms with E-state index in [4.69, 9.17) is 14.6 Å². The Labute approximate surface area is 154 Å². The van der Waals surface area contributed by atoms with Gasteiger partial charge in [0.2, 0.25) is 5.91 Å². The van der Waals surface area contributed by atoms with Crippen molar-refractivity contribution < 1.29 is 14.3 Å². The molecule has 0 spiro atoms. The second-order valence-electron chi connectivity index (χ2n) is 7.65. The highest BCUT2D eigenvalue weighted by molar-refractivity contribution is 5.79. The Bertz CT molecular complexity index is 649. The van der Waals surface area contributed by atoms with Crippen LogP contribution in [-0.2, 0) is 27.2 Å². The molecule has 0 unspecified atom stereocenters. The Hall–Kier alpha value is -1.66. The van der Waals surface area contributed by atoms with Crippen LogP contribution in [0.4, 0.5) is 0 Å². The van der Waals surface area contributed by atoms with Crippen LogP contribution in [0.5, 0.6) is 0 Å². The first-order valence-corrected chi connectivity index (χ1v) is 9.98. The van der Waals surface area contributed by atoms with Crippen LogP contribution in [0.2, 0.25) is 0 Å². The molecule has 1 N–H and O–H groups in total. The second kappa shape index (κ2) is 8.35. The van der Waals surface area contributed by atoms with Gasteiger partial charge in [0, 0.05) is 38.4 Å². The highest BCUT2D eigenvalue weighted by atomic mass is 16.5. The van der Waals surface area contributed by atoms with E-state index in [1.54, 1.807) is 0 Å². The van der Waals surface area contributed by atoms with E-state index in [1.807, 2.05) is 0 Å². The van der Waals surface area contributed by atoms with Crippen LogP contribution in [0.3, 0.4) is 0 Å². The van der Waals surface area contributed by atoms with Crippen molar-refractivity contribution in [1.29, 1.82) is 0 Å². The highest BCUT2D eigenvalue weighted by Crippen LogP contribution is 2.27. The number of carbonyl (C=O) groups is 1. The summed E-state index contributed by atoms with van der Waals surface area (Å²) in [6, 6.07) is 0. The molecule has 1 aromatic rings. The summed E-state index contributed by atoms with van der Waals surface area (Å²) in [6.45, 7) is 3.88. The fourth-order valence-electron chi connectivity index (χ4n) is 4.14. The minimum absolute atomic E-state index is 0.106. The van der Waals surface area contributed by atoms with Gasteiger partial charge < -0.3 is 14.8 Å². The molecule has 3 aliphatic rings. The first-order chi connectivity index (χ1) is 12.8. The third kappa shape index (κ3) is 4.18. The molecule has 26 heavy (non-hydrogen) atoms. The molecule has 142 valence electrons. The summed E-state index contributed by atoms with van der Waals surface area (Å²) in [4.78, 5) is 12.4. The molecule has 0 aromatic carbocycles. The average molecular weight is 359 g/mol. The van der Waals surface area contributed by atoms with Crippen molar-refractivity contribution in [2.45, 2.75) is 51.2 Å². The van der Waals surface area contributed by atoms with Gasteiger partial charge in [0.25, 0.3) is 0 Å². The molecule has 1 aliphatic carbocycles. The molecule has 4 rings (SSSR count). The van der Waals surface area contributed by atoms with Crippen molar-refractivity contribution >= 4 is 5.91 Å². The van der Waals surface area contributed by atoms with E-state index >= 15 is 0 Å². The molecular weight excluding hydrogens is 330 g/mol. The number of hydrogen-bond acceptors (Lipinski definition) is 4. The first-order valence-electron chi connectivity index (χ1n) is 9.98. The van der Waals surface area contributed by atoms with Gasteiger partial charge in [-0.2, -0.15) is 5.10 Å². The topological polar surface area (TPSA) is 65.4 Å². The summed E-state index contributed by atoms with van der Waals surface area (Å²) >= 11 is 0. The summed E-state index contributed by atoms with van der Waals surface area (Å²) in [7, 11) is 0. The lowest BCUT2D eigenvalue weighted by Crippen LogP contribution is -2.36. The van der Waals surface area contributed by atoms with Crippen LogP contribution in [0, 0.1) is 11.8 Å². The molecule has 1 amide bonds. The highest BCUT2D eigenvalue weighted by Gasteiger charge is 2.27. The lowest BCUT2D eigenvalue weighted by Gasteiger charge is -2.24. The van der Waals surface area contributed by atoms with Crippen LogP contribution in [0.25, 0.3) is 0 Å². The van der Waals surface area contributed by atoms with Crippen LogP contribution in [0.15, 0.2) is 18.3 Å². The Kier molecular flexibility index (Phi) is 5.70. The van der Waals surface area contributed by atoms with Gasteiger partial charge in [-0.25, -0.2) is 0 Å². The van der Waals surface area contributed by atoms with Crippen molar-refractivity contribution in [2.24, 2.45) is 11.8 Å². The number of ether oxygens (including phenoxy) is 2. The van der Waals surface area contributed by atoms with E-state index < -0.39 is 0 Å². The van der Waals surface area contributed by atoms with Crippen molar-refractivity contribution in [3.63, 3.8) is 0 Å². The van der Waals surface area contributed by atoms with E-state index in [-0.39, 0.29) is 17.9 Å². The van der Waals surface area contributed by atoms with Gasteiger partial charge in [-0.1, -0.05) is 12.2 Å². The summed E-state index contributed by atoms with van der Waals surface area (Å²) in [5.74, 6) is 0.893. The molecule has 6 heteroatoms. The maximum absolute atomic E-state index is 12.4. The lowest BCUT2D eigenvalue weighted by atomic mass is 9.93. The van der Waals surface area contributed by atoms with E-state index in [0.717, 1.165) is 64.0 Å². The monoisotopic (exact) mass is 359 g/mol. The maximum atomic E-state index is 12.4. The molecule has 6 nitrogen and oxygen atoms in total. The molecular formula is C20H29N3O3. The maximum Gasteiger partial charge on any atom is 0.223 e.